The molecule has 1 N–H and O–H groups in total. The summed E-state index contributed by atoms with van der Waals surface area (Å²) in [7, 11) is 0. The van der Waals surface area contributed by atoms with Crippen LogP contribution in [-0.4, -0.2) is 40.9 Å². The van der Waals surface area contributed by atoms with Crippen molar-refractivity contribution in [3.8, 4) is 0 Å². The molecule has 1 aromatic carbocycles. The lowest BCUT2D eigenvalue weighted by Crippen LogP contribution is -2.37. The Balaban J connectivity index is 0.00000192. The highest BCUT2D eigenvalue weighted by Crippen LogP contribution is 2.23. The molecule has 2 aromatic rings. The Morgan fingerprint density at radius 2 is 1.91 bits per heavy atom. The van der Waals surface area contributed by atoms with E-state index in [1.807, 2.05) is 0 Å². The number of nitrogens with zero attached hydrogens (tertiary/aromatic N) is 3. The zero-order valence-electron chi connectivity index (χ0n) is 14.3. The second-order valence-electron chi connectivity index (χ2n) is 6.31. The summed E-state index contributed by atoms with van der Waals surface area (Å²) in [6, 6.07) is 8.61. The predicted octanol–water partition coefficient (Wildman–Crippen LogP) is 3.30. The highest BCUT2D eigenvalue weighted by Gasteiger charge is 2.20. The first-order valence-electron chi connectivity index (χ1n) is 8.69. The molecular weight excluding hydrogens is 308 g/mol. The van der Waals surface area contributed by atoms with Crippen LogP contribution in [0.25, 0.3) is 10.9 Å². The molecule has 5 heteroatoms. The molecule has 3 rings (SSSR count). The molecule has 1 saturated heterocycles. The number of aromatic nitrogens is 2. The Hall–Kier alpha value is -1.10. The second kappa shape index (κ2) is 8.67. The molecule has 0 aliphatic carbocycles. The molecule has 0 atom stereocenters. The maximum absolute atomic E-state index is 4.83. The molecule has 0 radical (unpaired) electrons. The number of piperidine rings is 1. The van der Waals surface area contributed by atoms with Gasteiger partial charge in [-0.1, -0.05) is 25.1 Å². The summed E-state index contributed by atoms with van der Waals surface area (Å²) in [4.78, 5) is 2.57. The monoisotopic (exact) mass is 336 g/mol. The van der Waals surface area contributed by atoms with Crippen molar-refractivity contribution in [2.45, 2.75) is 39.8 Å². The number of likely N-dealkylation sites (tertiary alicyclic amines) is 1. The van der Waals surface area contributed by atoms with E-state index in [0.29, 0.717) is 0 Å². The van der Waals surface area contributed by atoms with Crippen molar-refractivity contribution in [3.63, 3.8) is 0 Å². The van der Waals surface area contributed by atoms with Crippen LogP contribution in [0.3, 0.4) is 0 Å². The molecule has 1 aromatic heterocycles. The Morgan fingerprint density at radius 3 is 2.61 bits per heavy atom. The Morgan fingerprint density at radius 1 is 1.17 bits per heavy atom. The van der Waals surface area contributed by atoms with Crippen molar-refractivity contribution in [1.82, 2.24) is 20.0 Å². The van der Waals surface area contributed by atoms with Crippen LogP contribution in [0.1, 0.15) is 32.4 Å². The molecule has 1 fully saturated rings. The van der Waals surface area contributed by atoms with Crippen molar-refractivity contribution < 1.29 is 0 Å². The lowest BCUT2D eigenvalue weighted by molar-refractivity contribution is 0.174. The van der Waals surface area contributed by atoms with E-state index in [1.165, 1.54) is 49.1 Å². The molecule has 1 aliphatic rings. The van der Waals surface area contributed by atoms with Gasteiger partial charge in [-0.25, -0.2) is 0 Å². The quantitative estimate of drug-likeness (QED) is 0.878. The first kappa shape index (κ1) is 18.2. The Kier molecular flexibility index (Phi) is 6.88. The number of hydrogen-bond acceptors (Lipinski definition) is 3. The Bertz CT molecular complexity index is 602. The van der Waals surface area contributed by atoms with E-state index in [2.05, 4.69) is 53.0 Å². The van der Waals surface area contributed by atoms with Crippen LogP contribution in [0.15, 0.2) is 24.3 Å². The molecule has 0 unspecified atom stereocenters. The minimum absolute atomic E-state index is 0. The molecule has 0 amide bonds. The zero-order chi connectivity index (χ0) is 15.4. The van der Waals surface area contributed by atoms with E-state index in [1.54, 1.807) is 0 Å². The van der Waals surface area contributed by atoms with Gasteiger partial charge in [0.15, 0.2) is 0 Å². The molecule has 0 spiro atoms. The van der Waals surface area contributed by atoms with E-state index in [4.69, 9.17) is 5.10 Å². The van der Waals surface area contributed by atoms with Crippen molar-refractivity contribution in [3.05, 3.63) is 30.0 Å². The van der Waals surface area contributed by atoms with Crippen LogP contribution in [0.4, 0.5) is 0 Å². The number of hydrogen-bond donors (Lipinski definition) is 1. The lowest BCUT2D eigenvalue weighted by atomic mass is 9.96. The molecule has 128 valence electrons. The summed E-state index contributed by atoms with van der Waals surface area (Å²) >= 11 is 0. The first-order valence-corrected chi connectivity index (χ1v) is 8.69. The number of fused-ring (bicyclic) bond motifs is 1. The SMILES string of the molecule is CCNCC1CCN(Cc2nn(CC)c3ccccc23)CC1.Cl. The van der Waals surface area contributed by atoms with Gasteiger partial charge in [0.05, 0.1) is 11.2 Å². The van der Waals surface area contributed by atoms with E-state index in [0.717, 1.165) is 25.6 Å². The third kappa shape index (κ3) is 4.25. The predicted molar refractivity (Wildman–Crippen MR) is 99.2 cm³/mol. The molecule has 23 heavy (non-hydrogen) atoms. The number of rotatable bonds is 6. The van der Waals surface area contributed by atoms with Crippen LogP contribution < -0.4 is 5.32 Å². The van der Waals surface area contributed by atoms with Crippen molar-refractivity contribution in [2.75, 3.05) is 26.2 Å². The highest BCUT2D eigenvalue weighted by atomic mass is 35.5. The van der Waals surface area contributed by atoms with Gasteiger partial charge in [-0.3, -0.25) is 9.58 Å². The van der Waals surface area contributed by atoms with Crippen LogP contribution in [0.2, 0.25) is 0 Å². The van der Waals surface area contributed by atoms with E-state index in [-0.39, 0.29) is 12.4 Å². The van der Waals surface area contributed by atoms with Gasteiger partial charge < -0.3 is 5.32 Å². The molecule has 2 heterocycles. The number of benzene rings is 1. The fourth-order valence-electron chi connectivity index (χ4n) is 3.46. The number of nitrogens with one attached hydrogen (secondary N) is 1. The summed E-state index contributed by atoms with van der Waals surface area (Å²) < 4.78 is 2.13. The van der Waals surface area contributed by atoms with Gasteiger partial charge in [-0.05, 0) is 57.9 Å². The minimum atomic E-state index is 0. The van der Waals surface area contributed by atoms with Crippen LogP contribution in [0.5, 0.6) is 0 Å². The maximum Gasteiger partial charge on any atom is 0.0843 e. The number of para-hydroxylation sites is 1. The Labute approximate surface area is 145 Å². The lowest BCUT2D eigenvalue weighted by Gasteiger charge is -2.31. The summed E-state index contributed by atoms with van der Waals surface area (Å²) in [5.41, 5.74) is 2.50. The van der Waals surface area contributed by atoms with E-state index >= 15 is 0 Å². The minimum Gasteiger partial charge on any atom is -0.317 e. The average molecular weight is 337 g/mol. The third-order valence-electron chi connectivity index (χ3n) is 4.80. The summed E-state index contributed by atoms with van der Waals surface area (Å²) in [6.07, 6.45) is 2.61. The van der Waals surface area contributed by atoms with Crippen molar-refractivity contribution in [2.24, 2.45) is 5.92 Å². The first-order chi connectivity index (χ1) is 10.8. The van der Waals surface area contributed by atoms with Crippen LogP contribution >= 0.6 is 12.4 Å². The molecule has 0 saturated carbocycles. The number of aryl methyl sites for hydroxylation is 1. The fourth-order valence-corrected chi connectivity index (χ4v) is 3.46. The average Bonchev–Trinajstić information content (AvgIpc) is 2.92. The van der Waals surface area contributed by atoms with Gasteiger partial charge >= 0.3 is 0 Å². The van der Waals surface area contributed by atoms with Crippen LogP contribution in [0, 0.1) is 5.92 Å². The topological polar surface area (TPSA) is 33.1 Å². The highest BCUT2D eigenvalue weighted by molar-refractivity contribution is 5.85. The third-order valence-corrected chi connectivity index (χ3v) is 4.80. The maximum atomic E-state index is 4.83. The van der Waals surface area contributed by atoms with Gasteiger partial charge in [0.25, 0.3) is 0 Å². The molecule has 4 nitrogen and oxygen atoms in total. The smallest absolute Gasteiger partial charge is 0.0843 e. The summed E-state index contributed by atoms with van der Waals surface area (Å²) in [6.45, 7) is 10.9. The van der Waals surface area contributed by atoms with Crippen molar-refractivity contribution >= 4 is 23.3 Å². The summed E-state index contributed by atoms with van der Waals surface area (Å²) in [5.74, 6) is 0.848. The number of halogens is 1. The van der Waals surface area contributed by atoms with Crippen molar-refractivity contribution in [1.29, 1.82) is 0 Å². The van der Waals surface area contributed by atoms with Gasteiger partial charge in [0.2, 0.25) is 0 Å². The van der Waals surface area contributed by atoms with E-state index in [9.17, 15) is 0 Å². The van der Waals surface area contributed by atoms with Gasteiger partial charge in [-0.2, -0.15) is 5.10 Å². The largest absolute Gasteiger partial charge is 0.317 e. The van der Waals surface area contributed by atoms with E-state index < -0.39 is 0 Å². The van der Waals surface area contributed by atoms with Gasteiger partial charge in [0.1, 0.15) is 0 Å². The van der Waals surface area contributed by atoms with Crippen LogP contribution in [-0.2, 0) is 13.1 Å². The standard InChI is InChI=1S/C18H28N4.ClH/c1-3-19-13-15-9-11-21(12-10-15)14-17-16-7-5-6-8-18(16)22(4-2)20-17;/h5-8,15,19H,3-4,9-14H2,1-2H3;1H. The molecule has 1 aliphatic heterocycles. The normalized spacial score (nSPS) is 16.6. The summed E-state index contributed by atoms with van der Waals surface area (Å²) in [5, 5.41) is 9.64. The second-order valence-corrected chi connectivity index (χ2v) is 6.31. The zero-order valence-corrected chi connectivity index (χ0v) is 15.1. The molecule has 0 bridgehead atoms. The fraction of sp³-hybridized carbons (Fsp3) is 0.611. The van der Waals surface area contributed by atoms with Gasteiger partial charge in [-0.15, -0.1) is 12.4 Å². The van der Waals surface area contributed by atoms with Gasteiger partial charge in [0, 0.05) is 18.5 Å². The molecular formula is C18H29ClN4.